The van der Waals surface area contributed by atoms with Gasteiger partial charge in [-0.05, 0) is 17.7 Å². The van der Waals surface area contributed by atoms with Gasteiger partial charge in [-0.15, -0.1) is 0 Å². The molecule has 0 aliphatic rings. The second-order valence-electron chi connectivity index (χ2n) is 2.95. The molecule has 0 radical (unpaired) electrons. The number of nitrogens with one attached hydrogen (secondary N) is 1. The molecule has 0 spiro atoms. The van der Waals surface area contributed by atoms with Crippen LogP contribution in [-0.2, 0) is 0 Å². The van der Waals surface area contributed by atoms with E-state index in [2.05, 4.69) is 10.2 Å². The Labute approximate surface area is 86.6 Å². The van der Waals surface area contributed by atoms with Gasteiger partial charge in [0.15, 0.2) is 0 Å². The number of nitrogens with zero attached hydrogens (tertiary/aromatic N) is 1. The Bertz CT molecular complexity index is 473. The summed E-state index contributed by atoms with van der Waals surface area (Å²) in [7, 11) is 0. The molecule has 2 rings (SSSR count). The molecular formula is C10H10ClN3. The maximum absolute atomic E-state index is 5.87. The maximum Gasteiger partial charge on any atom is 0.132 e. The molecular weight excluding hydrogens is 198 g/mol. The average Bonchev–Trinajstić information content (AvgIpc) is 2.57. The zero-order valence-electron chi connectivity index (χ0n) is 7.50. The summed E-state index contributed by atoms with van der Waals surface area (Å²) in [6.45, 7) is 0.541. The Morgan fingerprint density at radius 3 is 3.14 bits per heavy atom. The molecule has 0 amide bonds. The van der Waals surface area contributed by atoms with Gasteiger partial charge < -0.3 is 5.73 Å². The highest BCUT2D eigenvalue weighted by atomic mass is 35.5. The normalized spacial score (nSPS) is 11.6. The molecule has 3 nitrogen and oxygen atoms in total. The molecule has 0 aliphatic carbocycles. The zero-order chi connectivity index (χ0) is 9.97. The zero-order valence-corrected chi connectivity index (χ0v) is 8.25. The number of hydrogen-bond donors (Lipinski definition) is 2. The van der Waals surface area contributed by atoms with E-state index in [4.69, 9.17) is 17.3 Å². The quantitative estimate of drug-likeness (QED) is 0.793. The van der Waals surface area contributed by atoms with Crippen molar-refractivity contribution in [3.05, 3.63) is 35.0 Å². The predicted molar refractivity (Wildman–Crippen MR) is 59.2 cm³/mol. The molecule has 72 valence electrons. The molecule has 0 atom stereocenters. The first-order chi connectivity index (χ1) is 6.81. The van der Waals surface area contributed by atoms with Gasteiger partial charge in [-0.3, -0.25) is 5.10 Å². The Morgan fingerprint density at radius 1 is 1.50 bits per heavy atom. The number of H-pyrrole nitrogens is 1. The number of rotatable bonds is 2. The van der Waals surface area contributed by atoms with Crippen LogP contribution in [-0.4, -0.2) is 16.7 Å². The fraction of sp³-hybridized carbons (Fsp3) is 0.100. The Hall–Kier alpha value is -1.32. The minimum absolute atomic E-state index is 0.541. The topological polar surface area (TPSA) is 54.7 Å². The average molecular weight is 208 g/mol. The standard InChI is InChI=1S/C10H10ClN3/c11-10-8-4-3-7(2-1-5-12)6-9(8)13-14-10/h1-4,6H,5,12H2,(H,13,14)/b2-1+. The lowest BCUT2D eigenvalue weighted by Gasteiger charge is -1.92. The number of fused-ring (bicyclic) bond motifs is 1. The number of hydrogen-bond acceptors (Lipinski definition) is 2. The smallest absolute Gasteiger partial charge is 0.132 e. The first-order valence-corrected chi connectivity index (χ1v) is 4.69. The molecule has 2 aromatic rings. The first-order valence-electron chi connectivity index (χ1n) is 4.31. The molecule has 0 unspecified atom stereocenters. The lowest BCUT2D eigenvalue weighted by molar-refractivity contribution is 1.12. The Morgan fingerprint density at radius 2 is 2.36 bits per heavy atom. The van der Waals surface area contributed by atoms with Gasteiger partial charge in [0, 0.05) is 11.9 Å². The number of benzene rings is 1. The molecule has 0 saturated carbocycles. The van der Waals surface area contributed by atoms with E-state index < -0.39 is 0 Å². The third-order valence-corrected chi connectivity index (χ3v) is 2.27. The second-order valence-corrected chi connectivity index (χ2v) is 3.33. The van der Waals surface area contributed by atoms with E-state index in [1.807, 2.05) is 30.4 Å². The number of aromatic nitrogens is 2. The van der Waals surface area contributed by atoms with Crippen molar-refractivity contribution in [2.24, 2.45) is 5.73 Å². The van der Waals surface area contributed by atoms with Gasteiger partial charge in [-0.2, -0.15) is 5.10 Å². The van der Waals surface area contributed by atoms with Gasteiger partial charge in [0.1, 0.15) is 5.15 Å². The van der Waals surface area contributed by atoms with Crippen molar-refractivity contribution in [3.63, 3.8) is 0 Å². The highest BCUT2D eigenvalue weighted by Gasteiger charge is 2.01. The van der Waals surface area contributed by atoms with E-state index in [0.29, 0.717) is 11.7 Å². The van der Waals surface area contributed by atoms with Crippen LogP contribution < -0.4 is 5.73 Å². The summed E-state index contributed by atoms with van der Waals surface area (Å²) in [5.74, 6) is 0. The number of aromatic amines is 1. The van der Waals surface area contributed by atoms with E-state index in [1.54, 1.807) is 0 Å². The summed E-state index contributed by atoms with van der Waals surface area (Å²) in [5.41, 5.74) is 7.31. The summed E-state index contributed by atoms with van der Waals surface area (Å²) in [4.78, 5) is 0. The van der Waals surface area contributed by atoms with Crippen molar-refractivity contribution < 1.29 is 0 Å². The predicted octanol–water partition coefficient (Wildman–Crippen LogP) is 2.19. The lowest BCUT2D eigenvalue weighted by Crippen LogP contribution is -1.91. The van der Waals surface area contributed by atoms with E-state index in [-0.39, 0.29) is 0 Å². The maximum atomic E-state index is 5.87. The van der Waals surface area contributed by atoms with Crippen LogP contribution >= 0.6 is 11.6 Å². The lowest BCUT2D eigenvalue weighted by atomic mass is 10.1. The fourth-order valence-corrected chi connectivity index (χ4v) is 1.51. The molecule has 14 heavy (non-hydrogen) atoms. The molecule has 0 fully saturated rings. The summed E-state index contributed by atoms with van der Waals surface area (Å²) < 4.78 is 0. The van der Waals surface area contributed by atoms with Crippen LogP contribution in [0.15, 0.2) is 24.3 Å². The largest absolute Gasteiger partial charge is 0.327 e. The van der Waals surface area contributed by atoms with Crippen LogP contribution in [0, 0.1) is 0 Å². The van der Waals surface area contributed by atoms with Gasteiger partial charge in [0.2, 0.25) is 0 Å². The molecule has 1 aromatic heterocycles. The van der Waals surface area contributed by atoms with E-state index >= 15 is 0 Å². The van der Waals surface area contributed by atoms with Crippen LogP contribution in [0.5, 0.6) is 0 Å². The number of halogens is 1. The third-order valence-electron chi connectivity index (χ3n) is 1.98. The minimum atomic E-state index is 0.541. The van der Waals surface area contributed by atoms with Gasteiger partial charge in [-0.1, -0.05) is 29.8 Å². The van der Waals surface area contributed by atoms with E-state index in [9.17, 15) is 0 Å². The Balaban J connectivity index is 2.47. The molecule has 1 heterocycles. The molecule has 0 saturated heterocycles. The van der Waals surface area contributed by atoms with Crippen molar-refractivity contribution in [3.8, 4) is 0 Å². The monoisotopic (exact) mass is 207 g/mol. The van der Waals surface area contributed by atoms with Crippen LogP contribution in [0.25, 0.3) is 17.0 Å². The van der Waals surface area contributed by atoms with Crippen LogP contribution in [0.1, 0.15) is 5.56 Å². The van der Waals surface area contributed by atoms with Crippen LogP contribution in [0.4, 0.5) is 0 Å². The van der Waals surface area contributed by atoms with Crippen LogP contribution in [0.2, 0.25) is 5.15 Å². The van der Waals surface area contributed by atoms with Gasteiger partial charge in [0.05, 0.1) is 5.52 Å². The highest BCUT2D eigenvalue weighted by molar-refractivity contribution is 6.34. The van der Waals surface area contributed by atoms with E-state index in [1.165, 1.54) is 0 Å². The number of nitrogens with two attached hydrogens (primary N) is 1. The Kier molecular flexibility index (Phi) is 2.52. The molecule has 1 aromatic carbocycles. The van der Waals surface area contributed by atoms with Crippen LogP contribution in [0.3, 0.4) is 0 Å². The minimum Gasteiger partial charge on any atom is -0.327 e. The van der Waals surface area contributed by atoms with Gasteiger partial charge >= 0.3 is 0 Å². The summed E-state index contributed by atoms with van der Waals surface area (Å²) in [6.07, 6.45) is 3.86. The van der Waals surface area contributed by atoms with Crippen molar-refractivity contribution in [2.45, 2.75) is 0 Å². The first kappa shape index (κ1) is 9.24. The molecule has 4 heteroatoms. The van der Waals surface area contributed by atoms with Crippen molar-refractivity contribution >= 4 is 28.6 Å². The van der Waals surface area contributed by atoms with E-state index in [0.717, 1.165) is 16.5 Å². The summed E-state index contributed by atoms with van der Waals surface area (Å²) in [5, 5.41) is 8.31. The van der Waals surface area contributed by atoms with Gasteiger partial charge in [0.25, 0.3) is 0 Å². The third kappa shape index (κ3) is 1.64. The summed E-state index contributed by atoms with van der Waals surface area (Å²) in [6, 6.07) is 5.89. The highest BCUT2D eigenvalue weighted by Crippen LogP contribution is 2.21. The van der Waals surface area contributed by atoms with Gasteiger partial charge in [-0.25, -0.2) is 0 Å². The fourth-order valence-electron chi connectivity index (χ4n) is 1.30. The molecule has 0 bridgehead atoms. The van der Waals surface area contributed by atoms with Crippen molar-refractivity contribution in [1.29, 1.82) is 0 Å². The second kappa shape index (κ2) is 3.82. The van der Waals surface area contributed by atoms with Crippen molar-refractivity contribution in [2.75, 3.05) is 6.54 Å². The van der Waals surface area contributed by atoms with Crippen molar-refractivity contribution in [1.82, 2.24) is 10.2 Å². The molecule has 3 N–H and O–H groups in total. The summed E-state index contributed by atoms with van der Waals surface area (Å²) >= 11 is 5.87. The SMILES string of the molecule is NC/C=C/c1ccc2c(Cl)[nH]nc2c1. The molecule has 0 aliphatic heterocycles.